The van der Waals surface area contributed by atoms with Gasteiger partial charge in [-0.05, 0) is 42.9 Å². The van der Waals surface area contributed by atoms with Gasteiger partial charge in [-0.3, -0.25) is 0 Å². The summed E-state index contributed by atoms with van der Waals surface area (Å²) in [7, 11) is 0. The fourth-order valence-corrected chi connectivity index (χ4v) is 2.23. The molecule has 0 radical (unpaired) electrons. The van der Waals surface area contributed by atoms with E-state index in [4.69, 9.17) is 4.42 Å². The lowest BCUT2D eigenvalue weighted by atomic mass is 10.1. The molecule has 1 unspecified atom stereocenters. The van der Waals surface area contributed by atoms with Gasteiger partial charge in [-0.1, -0.05) is 6.92 Å². The molecule has 2 rings (SSSR count). The highest BCUT2D eigenvalue weighted by Crippen LogP contribution is 2.25. The molecule has 0 aliphatic heterocycles. The van der Waals surface area contributed by atoms with Crippen LogP contribution in [-0.2, 0) is 0 Å². The van der Waals surface area contributed by atoms with Crippen LogP contribution in [0.15, 0.2) is 45.5 Å². The Labute approximate surface area is 105 Å². The fraction of sp³-hybridized carbons (Fsp3) is 0.333. The number of aromatic nitrogens is 2. The van der Waals surface area contributed by atoms with Crippen LogP contribution >= 0.6 is 11.8 Å². The van der Waals surface area contributed by atoms with Gasteiger partial charge in [-0.2, -0.15) is 0 Å². The van der Waals surface area contributed by atoms with E-state index in [1.807, 2.05) is 12.3 Å². The minimum atomic E-state index is 0.326. The van der Waals surface area contributed by atoms with Gasteiger partial charge in [0.25, 0.3) is 5.22 Å². The van der Waals surface area contributed by atoms with Crippen LogP contribution in [0.3, 0.4) is 0 Å². The molecule has 1 N–H and O–H groups in total. The van der Waals surface area contributed by atoms with E-state index in [2.05, 4.69) is 35.2 Å². The van der Waals surface area contributed by atoms with Gasteiger partial charge in [-0.25, -0.2) is 9.97 Å². The van der Waals surface area contributed by atoms with Crippen LogP contribution in [0.4, 0.5) is 0 Å². The number of hydrogen-bond acceptors (Lipinski definition) is 5. The van der Waals surface area contributed by atoms with Crippen molar-refractivity contribution in [3.8, 4) is 0 Å². The first-order valence-electron chi connectivity index (χ1n) is 5.56. The van der Waals surface area contributed by atoms with Gasteiger partial charge in [0.1, 0.15) is 11.3 Å². The van der Waals surface area contributed by atoms with Crippen molar-refractivity contribution in [2.45, 2.75) is 30.1 Å². The van der Waals surface area contributed by atoms with Crippen LogP contribution in [0, 0.1) is 0 Å². The highest BCUT2D eigenvalue weighted by atomic mass is 32.2. The van der Waals surface area contributed by atoms with Crippen LogP contribution < -0.4 is 5.32 Å². The van der Waals surface area contributed by atoms with Gasteiger partial charge >= 0.3 is 0 Å². The van der Waals surface area contributed by atoms with Crippen molar-refractivity contribution in [3.05, 3.63) is 36.4 Å². The second-order valence-electron chi connectivity index (χ2n) is 3.61. The van der Waals surface area contributed by atoms with E-state index in [-0.39, 0.29) is 0 Å². The first kappa shape index (κ1) is 12.1. The SMILES string of the molecule is CCNC(C)c1ccnc(Sc2ncco2)c1. The van der Waals surface area contributed by atoms with E-state index < -0.39 is 0 Å². The van der Waals surface area contributed by atoms with Gasteiger partial charge in [0.05, 0.1) is 6.20 Å². The minimum Gasteiger partial charge on any atom is -0.440 e. The molecule has 1 atom stereocenters. The summed E-state index contributed by atoms with van der Waals surface area (Å²) in [6.45, 7) is 5.18. The molecule has 4 nitrogen and oxygen atoms in total. The van der Waals surface area contributed by atoms with Crippen LogP contribution in [0.25, 0.3) is 0 Å². The van der Waals surface area contributed by atoms with Crippen molar-refractivity contribution >= 4 is 11.8 Å². The lowest BCUT2D eigenvalue weighted by molar-refractivity contribution is 0.454. The number of nitrogens with zero attached hydrogens (tertiary/aromatic N) is 2. The van der Waals surface area contributed by atoms with E-state index in [0.29, 0.717) is 11.3 Å². The molecule has 0 fully saturated rings. The smallest absolute Gasteiger partial charge is 0.261 e. The molecule has 0 aliphatic rings. The van der Waals surface area contributed by atoms with Crippen molar-refractivity contribution in [3.63, 3.8) is 0 Å². The first-order valence-corrected chi connectivity index (χ1v) is 6.38. The second kappa shape index (κ2) is 5.84. The molecule has 90 valence electrons. The topological polar surface area (TPSA) is 51.0 Å². The molecule has 0 bridgehead atoms. The lowest BCUT2D eigenvalue weighted by Gasteiger charge is -2.12. The van der Waals surface area contributed by atoms with Crippen LogP contribution in [-0.4, -0.2) is 16.5 Å². The summed E-state index contributed by atoms with van der Waals surface area (Å²) in [6.07, 6.45) is 5.01. The van der Waals surface area contributed by atoms with Gasteiger partial charge in [0, 0.05) is 12.2 Å². The van der Waals surface area contributed by atoms with Crippen molar-refractivity contribution in [2.24, 2.45) is 0 Å². The number of rotatable bonds is 5. The number of nitrogens with one attached hydrogen (secondary N) is 1. The zero-order chi connectivity index (χ0) is 12.1. The quantitative estimate of drug-likeness (QED) is 0.883. The molecule has 2 heterocycles. The molecule has 0 saturated heterocycles. The van der Waals surface area contributed by atoms with E-state index in [1.54, 1.807) is 12.5 Å². The predicted octanol–water partition coefficient (Wildman–Crippen LogP) is 2.89. The van der Waals surface area contributed by atoms with Gasteiger partial charge in [-0.15, -0.1) is 0 Å². The summed E-state index contributed by atoms with van der Waals surface area (Å²) in [5.74, 6) is 0. The summed E-state index contributed by atoms with van der Waals surface area (Å²) < 4.78 is 5.18. The van der Waals surface area contributed by atoms with Crippen molar-refractivity contribution in [2.75, 3.05) is 6.54 Å². The number of oxazole rings is 1. The van der Waals surface area contributed by atoms with Crippen LogP contribution in [0.1, 0.15) is 25.5 Å². The minimum absolute atomic E-state index is 0.326. The average molecular weight is 249 g/mol. The molecule has 17 heavy (non-hydrogen) atoms. The molecule has 0 aromatic carbocycles. The molecule has 0 spiro atoms. The third-order valence-corrected chi connectivity index (χ3v) is 3.18. The normalized spacial score (nSPS) is 12.6. The standard InChI is InChI=1S/C12H15N3OS/c1-3-13-9(2)10-4-5-14-11(8-10)17-12-15-6-7-16-12/h4-9,13H,3H2,1-2H3. The summed E-state index contributed by atoms with van der Waals surface area (Å²) in [4.78, 5) is 8.36. The highest BCUT2D eigenvalue weighted by Gasteiger charge is 2.07. The zero-order valence-electron chi connectivity index (χ0n) is 9.88. The Morgan fingerprint density at radius 3 is 3.00 bits per heavy atom. The van der Waals surface area contributed by atoms with Crippen LogP contribution in [0.2, 0.25) is 0 Å². The van der Waals surface area contributed by atoms with Gasteiger partial charge in [0.2, 0.25) is 0 Å². The Bertz CT molecular complexity index is 459. The Morgan fingerprint density at radius 2 is 2.29 bits per heavy atom. The molecule has 0 aliphatic carbocycles. The summed E-state index contributed by atoms with van der Waals surface area (Å²) >= 11 is 1.43. The van der Waals surface area contributed by atoms with E-state index in [9.17, 15) is 0 Å². The van der Waals surface area contributed by atoms with Gasteiger partial charge in [0.15, 0.2) is 0 Å². The third kappa shape index (κ3) is 3.31. The Morgan fingerprint density at radius 1 is 1.41 bits per heavy atom. The maximum Gasteiger partial charge on any atom is 0.261 e. The zero-order valence-corrected chi connectivity index (χ0v) is 10.7. The monoisotopic (exact) mass is 249 g/mol. The maximum atomic E-state index is 5.18. The number of hydrogen-bond donors (Lipinski definition) is 1. The Balaban J connectivity index is 2.11. The molecule has 0 saturated carbocycles. The average Bonchev–Trinajstić information content (AvgIpc) is 2.82. The highest BCUT2D eigenvalue weighted by molar-refractivity contribution is 7.99. The Kier molecular flexibility index (Phi) is 4.17. The number of pyridine rings is 1. The van der Waals surface area contributed by atoms with Crippen molar-refractivity contribution < 1.29 is 4.42 Å². The van der Waals surface area contributed by atoms with E-state index in [0.717, 1.165) is 11.6 Å². The predicted molar refractivity (Wildman–Crippen MR) is 67.0 cm³/mol. The van der Waals surface area contributed by atoms with Crippen LogP contribution in [0.5, 0.6) is 0 Å². The second-order valence-corrected chi connectivity index (χ2v) is 4.58. The van der Waals surface area contributed by atoms with E-state index in [1.165, 1.54) is 17.3 Å². The molecule has 5 heteroatoms. The molecule has 2 aromatic heterocycles. The molecule has 2 aromatic rings. The molecular weight excluding hydrogens is 234 g/mol. The summed E-state index contributed by atoms with van der Waals surface area (Å²) in [5.41, 5.74) is 1.22. The van der Waals surface area contributed by atoms with Crippen molar-refractivity contribution in [1.29, 1.82) is 0 Å². The molecule has 0 amide bonds. The van der Waals surface area contributed by atoms with Crippen molar-refractivity contribution in [1.82, 2.24) is 15.3 Å². The fourth-order valence-electron chi connectivity index (χ4n) is 1.52. The third-order valence-electron chi connectivity index (χ3n) is 2.37. The largest absolute Gasteiger partial charge is 0.440 e. The summed E-state index contributed by atoms with van der Waals surface area (Å²) in [6, 6.07) is 4.40. The first-order chi connectivity index (χ1) is 8.29. The van der Waals surface area contributed by atoms with Gasteiger partial charge < -0.3 is 9.73 Å². The van der Waals surface area contributed by atoms with E-state index >= 15 is 0 Å². The maximum absolute atomic E-state index is 5.18. The summed E-state index contributed by atoms with van der Waals surface area (Å²) in [5, 5.41) is 4.89. The lowest BCUT2D eigenvalue weighted by Crippen LogP contribution is -2.17. The Hall–Kier alpha value is -1.33. The molecular formula is C12H15N3OS.